The van der Waals surface area contributed by atoms with E-state index in [1.54, 1.807) is 17.1 Å². The number of Topliss-reactive ketones (excluding diaryl/α,β-unsaturated/α-hetero) is 1. The highest BCUT2D eigenvalue weighted by atomic mass is 16.3. The first-order chi connectivity index (χ1) is 16.0. The topological polar surface area (TPSA) is 103 Å². The molecule has 170 valence electrons. The van der Waals surface area contributed by atoms with E-state index in [0.29, 0.717) is 29.0 Å². The normalized spacial score (nSPS) is 15.5. The van der Waals surface area contributed by atoms with Crippen molar-refractivity contribution in [3.63, 3.8) is 0 Å². The van der Waals surface area contributed by atoms with Gasteiger partial charge in [0.25, 0.3) is 0 Å². The number of fused-ring (bicyclic) bond motifs is 1. The predicted molar refractivity (Wildman–Crippen MR) is 123 cm³/mol. The molecule has 9 heteroatoms. The third kappa shape index (κ3) is 4.54. The number of rotatable bonds is 6. The molecule has 9 nitrogen and oxygen atoms in total. The number of hydrogen-bond donors (Lipinski definition) is 0. The fourth-order valence-corrected chi connectivity index (χ4v) is 4.31. The van der Waals surface area contributed by atoms with Crippen LogP contribution in [0.2, 0.25) is 0 Å². The van der Waals surface area contributed by atoms with E-state index in [1.165, 1.54) is 6.26 Å². The monoisotopic (exact) mass is 445 g/mol. The van der Waals surface area contributed by atoms with E-state index in [2.05, 4.69) is 44.0 Å². The number of carbonyl (C=O) groups is 1. The lowest BCUT2D eigenvalue weighted by Gasteiger charge is -2.33. The molecule has 0 aliphatic carbocycles. The zero-order valence-electron chi connectivity index (χ0n) is 19.1. The number of oxazole rings is 1. The highest BCUT2D eigenvalue weighted by Crippen LogP contribution is 2.28. The zero-order valence-corrected chi connectivity index (χ0v) is 19.1. The van der Waals surface area contributed by atoms with Gasteiger partial charge in [-0.3, -0.25) is 19.4 Å². The van der Waals surface area contributed by atoms with Gasteiger partial charge in [-0.25, -0.2) is 4.98 Å². The van der Waals surface area contributed by atoms with Crippen molar-refractivity contribution in [2.24, 2.45) is 7.05 Å². The van der Waals surface area contributed by atoms with Gasteiger partial charge in [0.2, 0.25) is 0 Å². The maximum absolute atomic E-state index is 12.9. The van der Waals surface area contributed by atoms with Gasteiger partial charge in [0.1, 0.15) is 17.7 Å². The van der Waals surface area contributed by atoms with E-state index < -0.39 is 0 Å². The third-order valence-electron chi connectivity index (χ3n) is 6.28. The van der Waals surface area contributed by atoms with E-state index in [9.17, 15) is 4.79 Å². The first-order valence-electron chi connectivity index (χ1n) is 11.3. The number of ketones is 1. The number of likely N-dealkylation sites (tertiary alicyclic amines) is 1. The van der Waals surface area contributed by atoms with E-state index in [0.717, 1.165) is 42.4 Å². The van der Waals surface area contributed by atoms with Crippen LogP contribution in [0, 0.1) is 0 Å². The van der Waals surface area contributed by atoms with Crippen LogP contribution in [0.5, 0.6) is 0 Å². The van der Waals surface area contributed by atoms with Crippen LogP contribution in [0.3, 0.4) is 0 Å². The van der Waals surface area contributed by atoms with Crippen molar-refractivity contribution in [3.05, 3.63) is 54.3 Å². The number of pyridine rings is 2. The van der Waals surface area contributed by atoms with Gasteiger partial charge in [0.15, 0.2) is 11.7 Å². The lowest BCUT2D eigenvalue weighted by molar-refractivity contribution is 0.0987. The Labute approximate surface area is 191 Å². The summed E-state index contributed by atoms with van der Waals surface area (Å²) in [5.74, 6) is 0.847. The molecule has 0 bridgehead atoms. The Morgan fingerprint density at radius 2 is 1.91 bits per heavy atom. The van der Waals surface area contributed by atoms with Gasteiger partial charge in [-0.1, -0.05) is 5.21 Å². The lowest BCUT2D eigenvalue weighted by Crippen LogP contribution is -2.37. The SMILES string of the molecule is CC(C)N1CCC(c2nc(C(=O)Cc3cc4cc(-c5cn(C)nn5)ncc4cn3)co2)CC1. The summed E-state index contributed by atoms with van der Waals surface area (Å²) >= 11 is 0. The highest BCUT2D eigenvalue weighted by molar-refractivity contribution is 5.96. The van der Waals surface area contributed by atoms with Crippen LogP contribution in [0.25, 0.3) is 22.2 Å². The molecule has 0 spiro atoms. The maximum atomic E-state index is 12.9. The van der Waals surface area contributed by atoms with Gasteiger partial charge >= 0.3 is 0 Å². The molecule has 0 atom stereocenters. The summed E-state index contributed by atoms with van der Waals surface area (Å²) in [4.78, 5) is 28.7. The van der Waals surface area contributed by atoms with Gasteiger partial charge in [0, 0.05) is 42.5 Å². The van der Waals surface area contributed by atoms with Crippen LogP contribution < -0.4 is 0 Å². The third-order valence-corrected chi connectivity index (χ3v) is 6.28. The van der Waals surface area contributed by atoms with Gasteiger partial charge in [-0.15, -0.1) is 5.10 Å². The molecule has 0 N–H and O–H groups in total. The average molecular weight is 446 g/mol. The molecule has 0 saturated carbocycles. The number of aryl methyl sites for hydroxylation is 1. The largest absolute Gasteiger partial charge is 0.448 e. The van der Waals surface area contributed by atoms with Gasteiger partial charge in [-0.2, -0.15) is 0 Å². The van der Waals surface area contributed by atoms with Crippen LogP contribution in [-0.4, -0.2) is 59.8 Å². The summed E-state index contributed by atoms with van der Waals surface area (Å²) in [6, 6.07) is 4.40. The van der Waals surface area contributed by atoms with E-state index >= 15 is 0 Å². The summed E-state index contributed by atoms with van der Waals surface area (Å²) in [5, 5.41) is 9.92. The summed E-state index contributed by atoms with van der Waals surface area (Å²) in [6.07, 6.45) is 8.96. The van der Waals surface area contributed by atoms with Crippen molar-refractivity contribution in [2.75, 3.05) is 13.1 Å². The van der Waals surface area contributed by atoms with E-state index in [1.807, 2.05) is 25.4 Å². The number of carbonyl (C=O) groups excluding carboxylic acids is 1. The van der Waals surface area contributed by atoms with Crippen LogP contribution in [0.15, 0.2) is 41.4 Å². The van der Waals surface area contributed by atoms with Gasteiger partial charge in [0.05, 0.1) is 18.3 Å². The van der Waals surface area contributed by atoms with Crippen molar-refractivity contribution in [1.29, 1.82) is 0 Å². The molecule has 0 unspecified atom stereocenters. The molecular weight excluding hydrogens is 418 g/mol. The molecule has 5 heterocycles. The second-order valence-corrected chi connectivity index (χ2v) is 8.94. The van der Waals surface area contributed by atoms with Crippen LogP contribution in [0.4, 0.5) is 0 Å². The molecule has 1 aliphatic rings. The average Bonchev–Trinajstić information content (AvgIpc) is 3.48. The second-order valence-electron chi connectivity index (χ2n) is 8.94. The molecule has 5 rings (SSSR count). The van der Waals surface area contributed by atoms with Crippen LogP contribution in [-0.2, 0) is 13.5 Å². The molecule has 33 heavy (non-hydrogen) atoms. The Balaban J connectivity index is 1.29. The minimum Gasteiger partial charge on any atom is -0.448 e. The predicted octanol–water partition coefficient (Wildman–Crippen LogP) is 3.43. The quantitative estimate of drug-likeness (QED) is 0.416. The fraction of sp³-hybridized carbons (Fsp3) is 0.417. The number of nitrogens with zero attached hydrogens (tertiary/aromatic N) is 7. The van der Waals surface area contributed by atoms with E-state index in [-0.39, 0.29) is 18.1 Å². The molecule has 4 aromatic heterocycles. The van der Waals surface area contributed by atoms with Crippen molar-refractivity contribution >= 4 is 16.6 Å². The first-order valence-corrected chi connectivity index (χ1v) is 11.3. The number of hydrogen-bond acceptors (Lipinski definition) is 8. The molecule has 1 aliphatic heterocycles. The molecule has 1 fully saturated rings. The Morgan fingerprint density at radius 1 is 1.12 bits per heavy atom. The number of aromatic nitrogens is 6. The van der Waals surface area contributed by atoms with Crippen LogP contribution in [0.1, 0.15) is 54.7 Å². The Morgan fingerprint density at radius 3 is 2.64 bits per heavy atom. The second kappa shape index (κ2) is 8.82. The first kappa shape index (κ1) is 21.4. The number of piperidine rings is 1. The van der Waals surface area contributed by atoms with Gasteiger partial charge < -0.3 is 9.32 Å². The Bertz CT molecular complexity index is 1280. The molecular formula is C24H27N7O2. The molecule has 4 aromatic rings. The van der Waals surface area contributed by atoms with Crippen molar-refractivity contribution in [3.8, 4) is 11.4 Å². The summed E-state index contributed by atoms with van der Waals surface area (Å²) in [6.45, 7) is 6.49. The minimum atomic E-state index is -0.0975. The van der Waals surface area contributed by atoms with Crippen molar-refractivity contribution in [2.45, 2.75) is 45.1 Å². The van der Waals surface area contributed by atoms with Gasteiger partial charge in [-0.05, 0) is 57.3 Å². The standard InChI is InChI=1S/C24H27N7O2/c1-15(2)31-6-4-16(5-7-31)24-27-22(14-33-24)23(32)10-19-8-17-9-20(21-13-30(3)29-28-21)26-12-18(17)11-25-19/h8-9,11-16H,4-7,10H2,1-3H3. The Kier molecular flexibility index (Phi) is 5.72. The zero-order chi connectivity index (χ0) is 22.9. The molecule has 0 aromatic carbocycles. The summed E-state index contributed by atoms with van der Waals surface area (Å²) in [7, 11) is 1.81. The van der Waals surface area contributed by atoms with Crippen molar-refractivity contribution in [1.82, 2.24) is 34.8 Å². The Hall–Kier alpha value is -3.46. The smallest absolute Gasteiger partial charge is 0.197 e. The van der Waals surface area contributed by atoms with Crippen molar-refractivity contribution < 1.29 is 9.21 Å². The summed E-state index contributed by atoms with van der Waals surface area (Å²) in [5.41, 5.74) is 2.47. The molecule has 0 amide bonds. The highest BCUT2D eigenvalue weighted by Gasteiger charge is 2.26. The van der Waals surface area contributed by atoms with E-state index in [4.69, 9.17) is 4.42 Å². The molecule has 0 radical (unpaired) electrons. The fourth-order valence-electron chi connectivity index (χ4n) is 4.31. The molecule has 1 saturated heterocycles. The lowest BCUT2D eigenvalue weighted by atomic mass is 9.96. The summed E-state index contributed by atoms with van der Waals surface area (Å²) < 4.78 is 7.34. The van der Waals surface area contributed by atoms with Crippen LogP contribution >= 0.6 is 0 Å². The minimum absolute atomic E-state index is 0.0975. The maximum Gasteiger partial charge on any atom is 0.197 e.